The first-order chi connectivity index (χ1) is 24.2. The highest BCUT2D eigenvalue weighted by molar-refractivity contribution is 6.07. The minimum atomic E-state index is -1.16. The number of amides is 3. The third-order valence-corrected chi connectivity index (χ3v) is 10.7. The van der Waals surface area contributed by atoms with Crippen LogP contribution < -0.4 is 14.5 Å². The number of anilines is 2. The van der Waals surface area contributed by atoms with Gasteiger partial charge in [-0.15, -0.1) is 13.2 Å². The molecule has 1 spiro atoms. The van der Waals surface area contributed by atoms with Crippen LogP contribution in [0.2, 0.25) is 0 Å². The number of aliphatic hydroxyl groups excluding tert-OH is 1. The van der Waals surface area contributed by atoms with E-state index in [0.717, 1.165) is 23.6 Å². The van der Waals surface area contributed by atoms with Gasteiger partial charge in [-0.25, -0.2) is 0 Å². The van der Waals surface area contributed by atoms with Crippen LogP contribution in [0.15, 0.2) is 92.0 Å². The lowest BCUT2D eigenvalue weighted by Crippen LogP contribution is -2.56. The Kier molecular flexibility index (Phi) is 10.5. The van der Waals surface area contributed by atoms with E-state index in [1.807, 2.05) is 80.6 Å². The van der Waals surface area contributed by atoms with Crippen molar-refractivity contribution in [2.75, 3.05) is 42.6 Å². The Morgan fingerprint density at radius 2 is 1.58 bits per heavy atom. The van der Waals surface area contributed by atoms with E-state index in [-0.39, 0.29) is 37.4 Å². The van der Waals surface area contributed by atoms with E-state index in [1.54, 1.807) is 26.9 Å². The van der Waals surface area contributed by atoms with Crippen LogP contribution in [0.5, 0.6) is 5.75 Å². The van der Waals surface area contributed by atoms with Gasteiger partial charge in [0.1, 0.15) is 17.4 Å². The molecule has 3 aromatic rings. The Hall–Kier alpha value is -4.47. The Bertz CT molecular complexity index is 1740. The van der Waals surface area contributed by atoms with Crippen LogP contribution in [-0.4, -0.2) is 77.8 Å². The Morgan fingerprint density at radius 1 is 0.920 bits per heavy atom. The van der Waals surface area contributed by atoms with Crippen molar-refractivity contribution in [3.05, 3.63) is 92.0 Å². The molecule has 0 radical (unpaired) electrons. The molecule has 3 aliphatic heterocycles. The summed E-state index contributed by atoms with van der Waals surface area (Å²) in [6.45, 7) is 13.2. The molecule has 3 heterocycles. The van der Waals surface area contributed by atoms with Crippen molar-refractivity contribution < 1.29 is 29.0 Å². The van der Waals surface area contributed by atoms with E-state index in [2.05, 4.69) is 13.2 Å². The quantitative estimate of drug-likeness (QED) is 0.141. The highest BCUT2D eigenvalue weighted by Crippen LogP contribution is 2.63. The van der Waals surface area contributed by atoms with Gasteiger partial charge in [-0.1, -0.05) is 55.3 Å². The number of carbonyl (C=O) groups excluding carboxylic acids is 3. The predicted octanol–water partition coefficient (Wildman–Crippen LogP) is 6.29. The van der Waals surface area contributed by atoms with Crippen LogP contribution >= 0.6 is 0 Å². The molecule has 0 aliphatic carbocycles. The maximum Gasteiger partial charge on any atom is 0.253 e. The lowest BCUT2D eigenvalue weighted by Gasteiger charge is -2.37. The van der Waals surface area contributed by atoms with Gasteiger partial charge >= 0.3 is 0 Å². The van der Waals surface area contributed by atoms with Crippen LogP contribution in [0.3, 0.4) is 0 Å². The molecule has 0 saturated carbocycles. The molecule has 6 rings (SSSR count). The van der Waals surface area contributed by atoms with E-state index in [0.29, 0.717) is 56.0 Å². The van der Waals surface area contributed by atoms with Crippen LogP contribution in [0.4, 0.5) is 11.4 Å². The van der Waals surface area contributed by atoms with Crippen molar-refractivity contribution in [3.8, 4) is 5.75 Å². The van der Waals surface area contributed by atoms with E-state index in [9.17, 15) is 14.7 Å². The van der Waals surface area contributed by atoms with Gasteiger partial charge in [-0.3, -0.25) is 14.4 Å². The SMILES string of the molecule is C=CCN(C(=O)C1N(CCCCCCO)C(=O)[C@@H]2[C@@H](C(=O)N(CC=C)c3ccc(OCC)cc3)[C@@]3(C)CCC12O3)c1ccc2ccccc2c1. The fourth-order valence-corrected chi connectivity index (χ4v) is 8.52. The fourth-order valence-electron chi connectivity index (χ4n) is 8.52. The molecule has 5 atom stereocenters. The standard InChI is InChI=1S/C41H49N3O6/c1-5-24-42(31-18-20-33(21-19-31)49-7-3)37(46)34-35-38(47)44(26-12-8-9-13-27-45)36(41(35)23-22-40(34,4)50-41)39(48)43(25-6-2)32-17-16-29-14-10-11-15-30(29)28-32/h5-6,10-11,14-21,28,34-36,45H,1-2,7-9,12-13,22-27H2,3-4H3/t34-,35-,36?,40+,41?/m0/s1. The van der Waals surface area contributed by atoms with Crippen molar-refractivity contribution in [2.24, 2.45) is 11.8 Å². The molecule has 3 saturated heterocycles. The number of hydrogen-bond acceptors (Lipinski definition) is 6. The number of carbonyl (C=O) groups is 3. The first kappa shape index (κ1) is 35.4. The molecule has 2 unspecified atom stereocenters. The molecule has 3 aliphatic rings. The van der Waals surface area contributed by atoms with Crippen molar-refractivity contribution >= 4 is 39.9 Å². The number of rotatable bonds is 16. The molecular formula is C41H49N3O6. The van der Waals surface area contributed by atoms with Crippen LogP contribution in [0, 0.1) is 11.8 Å². The van der Waals surface area contributed by atoms with E-state index < -0.39 is 29.1 Å². The summed E-state index contributed by atoms with van der Waals surface area (Å²) in [7, 11) is 0. The van der Waals surface area contributed by atoms with Gasteiger partial charge in [0.2, 0.25) is 11.8 Å². The Balaban J connectivity index is 1.39. The summed E-state index contributed by atoms with van der Waals surface area (Å²) >= 11 is 0. The summed E-state index contributed by atoms with van der Waals surface area (Å²) in [5.74, 6) is -1.58. The minimum Gasteiger partial charge on any atom is -0.494 e. The van der Waals surface area contributed by atoms with Crippen LogP contribution in [0.1, 0.15) is 52.4 Å². The topological polar surface area (TPSA) is 99.6 Å². The number of nitrogens with zero attached hydrogens (tertiary/aromatic N) is 3. The lowest BCUT2D eigenvalue weighted by atomic mass is 9.66. The fraction of sp³-hybridized carbons (Fsp3) is 0.439. The summed E-state index contributed by atoms with van der Waals surface area (Å²) < 4.78 is 12.6. The number of ether oxygens (including phenoxy) is 2. The maximum atomic E-state index is 15.1. The highest BCUT2D eigenvalue weighted by Gasteiger charge is 2.78. The van der Waals surface area contributed by atoms with Crippen molar-refractivity contribution in [2.45, 2.75) is 69.6 Å². The molecule has 3 amide bonds. The number of aliphatic hydroxyl groups is 1. The zero-order chi connectivity index (χ0) is 35.5. The van der Waals surface area contributed by atoms with Gasteiger partial charge in [0.15, 0.2) is 0 Å². The average Bonchev–Trinajstić information content (AvgIpc) is 3.69. The Morgan fingerprint density at radius 3 is 2.26 bits per heavy atom. The molecule has 9 nitrogen and oxygen atoms in total. The summed E-state index contributed by atoms with van der Waals surface area (Å²) in [5, 5.41) is 11.4. The zero-order valence-corrected chi connectivity index (χ0v) is 29.3. The molecule has 0 aromatic heterocycles. The largest absolute Gasteiger partial charge is 0.494 e. The maximum absolute atomic E-state index is 15.1. The molecule has 3 aromatic carbocycles. The third kappa shape index (κ3) is 6.22. The van der Waals surface area contributed by atoms with E-state index in [4.69, 9.17) is 9.47 Å². The number of fused-ring (bicyclic) bond motifs is 2. The van der Waals surface area contributed by atoms with Gasteiger partial charge in [-0.2, -0.15) is 0 Å². The molecule has 50 heavy (non-hydrogen) atoms. The number of hydrogen-bond donors (Lipinski definition) is 1. The van der Waals surface area contributed by atoms with Crippen molar-refractivity contribution in [1.82, 2.24) is 4.90 Å². The normalized spacial score (nSPS) is 25.1. The second-order valence-electron chi connectivity index (χ2n) is 13.8. The van der Waals surface area contributed by atoms with Gasteiger partial charge in [-0.05, 0) is 86.7 Å². The molecule has 264 valence electrons. The Labute approximate surface area is 295 Å². The average molecular weight is 680 g/mol. The summed E-state index contributed by atoms with van der Waals surface area (Å²) in [6.07, 6.45) is 7.38. The van der Waals surface area contributed by atoms with Crippen molar-refractivity contribution in [1.29, 1.82) is 0 Å². The van der Waals surface area contributed by atoms with Crippen LogP contribution in [0.25, 0.3) is 10.8 Å². The molecular weight excluding hydrogens is 630 g/mol. The van der Waals surface area contributed by atoms with Gasteiger partial charge in [0.25, 0.3) is 5.91 Å². The molecule has 2 bridgehead atoms. The monoisotopic (exact) mass is 679 g/mol. The van der Waals surface area contributed by atoms with Crippen LogP contribution in [-0.2, 0) is 19.1 Å². The first-order valence-electron chi connectivity index (χ1n) is 17.9. The predicted molar refractivity (Wildman–Crippen MR) is 196 cm³/mol. The summed E-state index contributed by atoms with van der Waals surface area (Å²) in [5.41, 5.74) is -0.711. The number of unbranched alkanes of at least 4 members (excludes halogenated alkanes) is 3. The van der Waals surface area contributed by atoms with Gasteiger partial charge in [0, 0.05) is 37.6 Å². The molecule has 1 N–H and O–H groups in total. The van der Waals surface area contributed by atoms with Crippen molar-refractivity contribution in [3.63, 3.8) is 0 Å². The van der Waals surface area contributed by atoms with E-state index >= 15 is 4.79 Å². The van der Waals surface area contributed by atoms with Gasteiger partial charge < -0.3 is 29.3 Å². The molecule has 9 heteroatoms. The first-order valence-corrected chi connectivity index (χ1v) is 17.9. The summed E-state index contributed by atoms with van der Waals surface area (Å²) in [4.78, 5) is 49.7. The second kappa shape index (κ2) is 14.8. The minimum absolute atomic E-state index is 0.114. The lowest BCUT2D eigenvalue weighted by molar-refractivity contribution is -0.144. The molecule has 3 fully saturated rings. The zero-order valence-electron chi connectivity index (χ0n) is 29.3. The smallest absolute Gasteiger partial charge is 0.253 e. The second-order valence-corrected chi connectivity index (χ2v) is 13.8. The number of likely N-dealkylation sites (tertiary alicyclic amines) is 1. The van der Waals surface area contributed by atoms with Gasteiger partial charge in [0.05, 0.1) is 24.0 Å². The highest BCUT2D eigenvalue weighted by atomic mass is 16.5. The third-order valence-electron chi connectivity index (χ3n) is 10.7. The summed E-state index contributed by atoms with van der Waals surface area (Å²) in [6, 6.07) is 20.3. The van der Waals surface area contributed by atoms with E-state index in [1.165, 1.54) is 0 Å². The number of benzene rings is 3.